The number of ether oxygens (including phenoxy) is 2. The maximum absolute atomic E-state index is 11.9. The SMILES string of the molecule is CC(C)(C)OC(=O)N1CCN(CCOC(=O)CCC(=O)O)CC1. The third-order valence-corrected chi connectivity index (χ3v) is 3.24. The summed E-state index contributed by atoms with van der Waals surface area (Å²) in [6, 6.07) is 0. The molecule has 132 valence electrons. The highest BCUT2D eigenvalue weighted by Crippen LogP contribution is 2.11. The standard InChI is InChI=1S/C15H26N2O6/c1-15(2,3)23-14(21)17-8-6-16(7-9-17)10-11-22-13(20)5-4-12(18)19/h4-11H2,1-3H3,(H,18,19). The maximum atomic E-state index is 11.9. The molecule has 1 heterocycles. The minimum absolute atomic E-state index is 0.109. The van der Waals surface area contributed by atoms with Crippen molar-refractivity contribution in [2.75, 3.05) is 39.3 Å². The van der Waals surface area contributed by atoms with Gasteiger partial charge >= 0.3 is 18.0 Å². The van der Waals surface area contributed by atoms with E-state index in [1.165, 1.54) is 0 Å². The average molecular weight is 330 g/mol. The zero-order valence-electron chi connectivity index (χ0n) is 14.0. The second-order valence-electron chi connectivity index (χ2n) is 6.42. The summed E-state index contributed by atoms with van der Waals surface area (Å²) in [6.07, 6.45) is -0.632. The summed E-state index contributed by atoms with van der Waals surface area (Å²) >= 11 is 0. The van der Waals surface area contributed by atoms with Crippen molar-refractivity contribution in [3.63, 3.8) is 0 Å². The van der Waals surface area contributed by atoms with E-state index in [2.05, 4.69) is 4.90 Å². The number of carbonyl (C=O) groups excluding carboxylic acids is 2. The predicted octanol–water partition coefficient (Wildman–Crippen LogP) is 0.947. The Morgan fingerprint density at radius 1 is 1.04 bits per heavy atom. The average Bonchev–Trinajstić information content (AvgIpc) is 2.44. The van der Waals surface area contributed by atoms with E-state index < -0.39 is 17.5 Å². The molecule has 0 saturated carbocycles. The number of piperazine rings is 1. The van der Waals surface area contributed by atoms with Crippen molar-refractivity contribution in [3.05, 3.63) is 0 Å². The topological polar surface area (TPSA) is 96.4 Å². The van der Waals surface area contributed by atoms with Crippen LogP contribution in [0.4, 0.5) is 4.79 Å². The minimum Gasteiger partial charge on any atom is -0.481 e. The first-order chi connectivity index (χ1) is 10.7. The molecule has 1 N–H and O–H groups in total. The Kier molecular flexibility index (Phi) is 7.28. The fourth-order valence-corrected chi connectivity index (χ4v) is 2.05. The fraction of sp³-hybridized carbons (Fsp3) is 0.800. The van der Waals surface area contributed by atoms with Gasteiger partial charge in [0.15, 0.2) is 0 Å². The molecule has 1 saturated heterocycles. The van der Waals surface area contributed by atoms with Crippen LogP contribution >= 0.6 is 0 Å². The Hall–Kier alpha value is -1.83. The van der Waals surface area contributed by atoms with Crippen LogP contribution in [0.1, 0.15) is 33.6 Å². The van der Waals surface area contributed by atoms with Gasteiger partial charge in [0.2, 0.25) is 0 Å². The first-order valence-electron chi connectivity index (χ1n) is 7.75. The lowest BCUT2D eigenvalue weighted by Gasteiger charge is -2.35. The van der Waals surface area contributed by atoms with Crippen molar-refractivity contribution in [1.29, 1.82) is 0 Å². The van der Waals surface area contributed by atoms with Crippen LogP contribution in [-0.4, -0.2) is 77.9 Å². The van der Waals surface area contributed by atoms with E-state index >= 15 is 0 Å². The Labute approximate surface area is 136 Å². The molecule has 0 atom stereocenters. The maximum Gasteiger partial charge on any atom is 0.410 e. The lowest BCUT2D eigenvalue weighted by Crippen LogP contribution is -2.50. The second-order valence-corrected chi connectivity index (χ2v) is 6.42. The third-order valence-electron chi connectivity index (χ3n) is 3.24. The quantitative estimate of drug-likeness (QED) is 0.724. The van der Waals surface area contributed by atoms with Gasteiger partial charge in [0.1, 0.15) is 12.2 Å². The van der Waals surface area contributed by atoms with E-state index in [1.54, 1.807) is 4.90 Å². The first kappa shape index (κ1) is 19.2. The van der Waals surface area contributed by atoms with Gasteiger partial charge in [0, 0.05) is 32.7 Å². The lowest BCUT2D eigenvalue weighted by molar-refractivity contribution is -0.148. The van der Waals surface area contributed by atoms with Crippen LogP contribution < -0.4 is 0 Å². The van der Waals surface area contributed by atoms with Crippen LogP contribution in [-0.2, 0) is 19.1 Å². The van der Waals surface area contributed by atoms with Crippen molar-refractivity contribution in [3.8, 4) is 0 Å². The number of esters is 1. The number of carbonyl (C=O) groups is 3. The molecule has 8 heteroatoms. The molecule has 1 fully saturated rings. The molecule has 1 rings (SSSR count). The molecule has 0 aromatic rings. The Balaban J connectivity index is 2.18. The number of nitrogens with zero attached hydrogens (tertiary/aromatic N) is 2. The summed E-state index contributed by atoms with van der Waals surface area (Å²) in [5.74, 6) is -1.51. The normalized spacial score (nSPS) is 16.0. The number of rotatable bonds is 6. The largest absolute Gasteiger partial charge is 0.481 e. The number of hydrogen-bond donors (Lipinski definition) is 1. The zero-order chi connectivity index (χ0) is 17.5. The van der Waals surface area contributed by atoms with Crippen molar-refractivity contribution < 1.29 is 29.0 Å². The van der Waals surface area contributed by atoms with Crippen LogP contribution in [0.5, 0.6) is 0 Å². The van der Waals surface area contributed by atoms with E-state index in [4.69, 9.17) is 14.6 Å². The summed E-state index contributed by atoms with van der Waals surface area (Å²) in [5.41, 5.74) is -0.502. The minimum atomic E-state index is -1.01. The molecule has 23 heavy (non-hydrogen) atoms. The van der Waals surface area contributed by atoms with Crippen molar-refractivity contribution in [2.24, 2.45) is 0 Å². The van der Waals surface area contributed by atoms with E-state index in [0.717, 1.165) is 0 Å². The van der Waals surface area contributed by atoms with Gasteiger partial charge in [0.25, 0.3) is 0 Å². The molecular formula is C15H26N2O6. The molecule has 0 aromatic heterocycles. The lowest BCUT2D eigenvalue weighted by atomic mass is 10.2. The van der Waals surface area contributed by atoms with Crippen LogP contribution in [0.25, 0.3) is 0 Å². The number of hydrogen-bond acceptors (Lipinski definition) is 6. The molecule has 1 aliphatic heterocycles. The molecule has 0 bridgehead atoms. The summed E-state index contributed by atoms with van der Waals surface area (Å²) in [4.78, 5) is 37.3. The number of carboxylic acid groups (broad SMARTS) is 1. The second kappa shape index (κ2) is 8.71. The number of carboxylic acids is 1. The highest BCUT2D eigenvalue weighted by Gasteiger charge is 2.25. The van der Waals surface area contributed by atoms with E-state index in [9.17, 15) is 14.4 Å². The number of aliphatic carboxylic acids is 1. The highest BCUT2D eigenvalue weighted by molar-refractivity contribution is 5.76. The molecule has 0 radical (unpaired) electrons. The van der Waals surface area contributed by atoms with Crippen molar-refractivity contribution >= 4 is 18.0 Å². The fourth-order valence-electron chi connectivity index (χ4n) is 2.05. The van der Waals surface area contributed by atoms with Gasteiger partial charge in [-0.3, -0.25) is 14.5 Å². The number of amides is 1. The van der Waals surface area contributed by atoms with Crippen LogP contribution in [0.3, 0.4) is 0 Å². The van der Waals surface area contributed by atoms with Gasteiger partial charge in [-0.25, -0.2) is 4.79 Å². The van der Waals surface area contributed by atoms with Crippen LogP contribution in [0, 0.1) is 0 Å². The van der Waals surface area contributed by atoms with E-state index in [0.29, 0.717) is 32.7 Å². The molecule has 1 amide bonds. The summed E-state index contributed by atoms with van der Waals surface area (Å²) < 4.78 is 10.3. The summed E-state index contributed by atoms with van der Waals surface area (Å²) in [6.45, 7) is 8.81. The first-order valence-corrected chi connectivity index (χ1v) is 7.75. The third kappa shape index (κ3) is 8.39. The molecule has 0 unspecified atom stereocenters. The van der Waals surface area contributed by atoms with Crippen LogP contribution in [0.15, 0.2) is 0 Å². The van der Waals surface area contributed by atoms with Crippen molar-refractivity contribution in [2.45, 2.75) is 39.2 Å². The Morgan fingerprint density at radius 2 is 1.65 bits per heavy atom. The summed E-state index contributed by atoms with van der Waals surface area (Å²) in [7, 11) is 0. The van der Waals surface area contributed by atoms with Crippen LogP contribution in [0.2, 0.25) is 0 Å². The Morgan fingerprint density at radius 3 is 2.17 bits per heavy atom. The molecule has 1 aliphatic rings. The molecule has 0 spiro atoms. The smallest absolute Gasteiger partial charge is 0.410 e. The molecular weight excluding hydrogens is 304 g/mol. The van der Waals surface area contributed by atoms with Gasteiger partial charge in [-0.15, -0.1) is 0 Å². The van der Waals surface area contributed by atoms with E-state index in [1.807, 2.05) is 20.8 Å². The van der Waals surface area contributed by atoms with Gasteiger partial charge < -0.3 is 19.5 Å². The van der Waals surface area contributed by atoms with Gasteiger partial charge in [-0.1, -0.05) is 0 Å². The van der Waals surface area contributed by atoms with E-state index in [-0.39, 0.29) is 25.5 Å². The zero-order valence-corrected chi connectivity index (χ0v) is 14.0. The highest BCUT2D eigenvalue weighted by atomic mass is 16.6. The Bertz CT molecular complexity index is 424. The molecule has 8 nitrogen and oxygen atoms in total. The molecule has 0 aliphatic carbocycles. The van der Waals surface area contributed by atoms with Gasteiger partial charge in [-0.05, 0) is 20.8 Å². The monoisotopic (exact) mass is 330 g/mol. The predicted molar refractivity (Wildman–Crippen MR) is 82.1 cm³/mol. The van der Waals surface area contributed by atoms with Crippen molar-refractivity contribution in [1.82, 2.24) is 9.80 Å². The summed E-state index contributed by atoms with van der Waals surface area (Å²) in [5, 5.41) is 8.47. The van der Waals surface area contributed by atoms with Gasteiger partial charge in [0.05, 0.1) is 12.8 Å². The molecule has 0 aromatic carbocycles. The van der Waals surface area contributed by atoms with Gasteiger partial charge in [-0.2, -0.15) is 0 Å².